The molecule has 0 aliphatic rings. The summed E-state index contributed by atoms with van der Waals surface area (Å²) >= 11 is 0. The van der Waals surface area contributed by atoms with Crippen molar-refractivity contribution < 1.29 is 14.3 Å². The summed E-state index contributed by atoms with van der Waals surface area (Å²) in [6.45, 7) is 2.20. The number of nitrogens with zero attached hydrogens (tertiary/aromatic N) is 2. The summed E-state index contributed by atoms with van der Waals surface area (Å²) in [5.41, 5.74) is 8.19. The molecule has 6 nitrogen and oxygen atoms in total. The number of aryl methyl sites for hydroxylation is 2. The lowest BCUT2D eigenvalue weighted by molar-refractivity contribution is 0.0596. The van der Waals surface area contributed by atoms with Crippen LogP contribution in [0.5, 0.6) is 5.75 Å². The Morgan fingerprint density at radius 1 is 1.45 bits per heavy atom. The van der Waals surface area contributed by atoms with Gasteiger partial charge in [-0.1, -0.05) is 6.07 Å². The zero-order chi connectivity index (χ0) is 14.7. The predicted octanol–water partition coefficient (Wildman–Crippen LogP) is 1.68. The van der Waals surface area contributed by atoms with Gasteiger partial charge >= 0.3 is 5.97 Å². The van der Waals surface area contributed by atoms with Gasteiger partial charge in [0.15, 0.2) is 0 Å². The minimum Gasteiger partial charge on any atom is -0.486 e. The maximum absolute atomic E-state index is 11.7. The largest absolute Gasteiger partial charge is 0.486 e. The van der Waals surface area contributed by atoms with Gasteiger partial charge in [0.05, 0.1) is 18.5 Å². The Bertz CT molecular complexity index is 635. The van der Waals surface area contributed by atoms with Gasteiger partial charge in [-0.2, -0.15) is 5.10 Å². The van der Waals surface area contributed by atoms with E-state index in [1.807, 2.05) is 20.0 Å². The summed E-state index contributed by atoms with van der Waals surface area (Å²) in [7, 11) is 3.15. The van der Waals surface area contributed by atoms with Crippen molar-refractivity contribution in [2.24, 2.45) is 7.05 Å². The van der Waals surface area contributed by atoms with Gasteiger partial charge in [0, 0.05) is 12.7 Å². The third kappa shape index (κ3) is 2.74. The van der Waals surface area contributed by atoms with Crippen molar-refractivity contribution in [3.8, 4) is 5.75 Å². The number of esters is 1. The van der Waals surface area contributed by atoms with E-state index in [9.17, 15) is 4.79 Å². The highest BCUT2D eigenvalue weighted by Gasteiger charge is 2.17. The van der Waals surface area contributed by atoms with E-state index in [1.165, 1.54) is 7.11 Å². The maximum Gasteiger partial charge on any atom is 0.343 e. The number of nitrogen functional groups attached to an aromatic ring is 1. The lowest BCUT2D eigenvalue weighted by Gasteiger charge is -2.12. The quantitative estimate of drug-likeness (QED) is 0.678. The molecule has 20 heavy (non-hydrogen) atoms. The van der Waals surface area contributed by atoms with E-state index in [0.29, 0.717) is 18.0 Å². The summed E-state index contributed by atoms with van der Waals surface area (Å²) in [6.07, 6.45) is 0. The number of hydrogen-bond donors (Lipinski definition) is 1. The van der Waals surface area contributed by atoms with E-state index >= 15 is 0 Å². The molecule has 0 atom stereocenters. The second-order valence-corrected chi connectivity index (χ2v) is 4.40. The average Bonchev–Trinajstić information content (AvgIpc) is 2.74. The molecule has 1 aromatic heterocycles. The molecule has 0 saturated heterocycles. The van der Waals surface area contributed by atoms with Crippen LogP contribution in [0.2, 0.25) is 0 Å². The van der Waals surface area contributed by atoms with E-state index < -0.39 is 5.97 Å². The van der Waals surface area contributed by atoms with Crippen molar-refractivity contribution in [2.75, 3.05) is 12.8 Å². The van der Waals surface area contributed by atoms with Crippen LogP contribution in [0.4, 0.5) is 5.69 Å². The Balaban J connectivity index is 2.23. The molecule has 2 aromatic rings. The number of methoxy groups -OCH3 is 1. The molecule has 106 valence electrons. The number of aromatic nitrogens is 2. The molecule has 2 N–H and O–H groups in total. The first kappa shape index (κ1) is 13.9. The third-order valence-electron chi connectivity index (χ3n) is 2.92. The van der Waals surface area contributed by atoms with Gasteiger partial charge in [-0.05, 0) is 25.1 Å². The number of anilines is 1. The maximum atomic E-state index is 11.7. The fourth-order valence-electron chi connectivity index (χ4n) is 1.94. The molecule has 0 unspecified atom stereocenters. The molecule has 0 spiro atoms. The molecule has 0 bridgehead atoms. The van der Waals surface area contributed by atoms with Crippen molar-refractivity contribution in [1.82, 2.24) is 9.78 Å². The molecule has 0 amide bonds. The second-order valence-electron chi connectivity index (χ2n) is 4.40. The Hall–Kier alpha value is -2.50. The molecular formula is C14H17N3O3. The molecule has 1 heterocycles. The van der Waals surface area contributed by atoms with Crippen LogP contribution in [-0.4, -0.2) is 22.9 Å². The van der Waals surface area contributed by atoms with E-state index in [4.69, 9.17) is 15.2 Å². The van der Waals surface area contributed by atoms with Crippen molar-refractivity contribution in [2.45, 2.75) is 13.5 Å². The van der Waals surface area contributed by atoms with Gasteiger partial charge in [0.2, 0.25) is 0 Å². The van der Waals surface area contributed by atoms with Crippen LogP contribution in [0, 0.1) is 6.92 Å². The Morgan fingerprint density at radius 2 is 2.20 bits per heavy atom. The standard InChI is InChI=1S/C14H17N3O3/c1-9-7-10(17(2)16-9)8-20-12-6-4-5-11(15)13(12)14(18)19-3/h4-7H,8,15H2,1-3H3. The molecule has 0 fully saturated rings. The van der Waals surface area contributed by atoms with Crippen LogP contribution in [-0.2, 0) is 18.4 Å². The summed E-state index contributed by atoms with van der Waals surface area (Å²) in [5, 5.41) is 4.23. The minimum atomic E-state index is -0.515. The topological polar surface area (TPSA) is 79.4 Å². The lowest BCUT2D eigenvalue weighted by atomic mass is 10.1. The predicted molar refractivity (Wildman–Crippen MR) is 74.5 cm³/mol. The second kappa shape index (κ2) is 5.64. The summed E-state index contributed by atoms with van der Waals surface area (Å²) in [5.74, 6) is -0.116. The SMILES string of the molecule is COC(=O)c1c(N)cccc1OCc1cc(C)nn1C. The number of hydrogen-bond acceptors (Lipinski definition) is 5. The van der Waals surface area contributed by atoms with Crippen molar-refractivity contribution in [3.05, 3.63) is 41.2 Å². The molecule has 2 rings (SSSR count). The van der Waals surface area contributed by atoms with Crippen molar-refractivity contribution >= 4 is 11.7 Å². The number of carbonyl (C=O) groups is 1. The normalized spacial score (nSPS) is 10.3. The zero-order valence-electron chi connectivity index (χ0n) is 11.7. The summed E-state index contributed by atoms with van der Waals surface area (Å²) in [6, 6.07) is 6.97. The van der Waals surface area contributed by atoms with Gasteiger partial charge in [-0.3, -0.25) is 4.68 Å². The highest BCUT2D eigenvalue weighted by molar-refractivity contribution is 5.98. The molecule has 6 heteroatoms. The molecule has 0 aliphatic heterocycles. The third-order valence-corrected chi connectivity index (χ3v) is 2.92. The monoisotopic (exact) mass is 275 g/mol. The Morgan fingerprint density at radius 3 is 2.80 bits per heavy atom. The van der Waals surface area contributed by atoms with Gasteiger partial charge in [0.1, 0.15) is 17.9 Å². The Labute approximate surface area is 117 Å². The first-order chi connectivity index (χ1) is 9.52. The van der Waals surface area contributed by atoms with Crippen LogP contribution in [0.1, 0.15) is 21.7 Å². The summed E-state index contributed by atoms with van der Waals surface area (Å²) < 4.78 is 12.1. The van der Waals surface area contributed by atoms with Crippen LogP contribution in [0.3, 0.4) is 0 Å². The number of carbonyl (C=O) groups excluding carboxylic acids is 1. The fourth-order valence-corrected chi connectivity index (χ4v) is 1.94. The van der Waals surface area contributed by atoms with Crippen LogP contribution < -0.4 is 10.5 Å². The molecule has 0 saturated carbocycles. The van der Waals surface area contributed by atoms with Gasteiger partial charge in [0.25, 0.3) is 0 Å². The average molecular weight is 275 g/mol. The van der Waals surface area contributed by atoms with E-state index in [2.05, 4.69) is 5.10 Å². The number of ether oxygens (including phenoxy) is 2. The molecule has 0 aliphatic carbocycles. The van der Waals surface area contributed by atoms with Crippen LogP contribution in [0.25, 0.3) is 0 Å². The van der Waals surface area contributed by atoms with E-state index in [0.717, 1.165) is 11.4 Å². The van der Waals surface area contributed by atoms with Gasteiger partial charge in [-0.15, -0.1) is 0 Å². The van der Waals surface area contributed by atoms with Gasteiger partial charge < -0.3 is 15.2 Å². The highest BCUT2D eigenvalue weighted by Crippen LogP contribution is 2.26. The van der Waals surface area contributed by atoms with Gasteiger partial charge in [-0.25, -0.2) is 4.79 Å². The highest BCUT2D eigenvalue weighted by atomic mass is 16.5. The Kier molecular flexibility index (Phi) is 3.93. The lowest BCUT2D eigenvalue weighted by Crippen LogP contribution is -2.10. The van der Waals surface area contributed by atoms with Crippen LogP contribution in [0.15, 0.2) is 24.3 Å². The first-order valence-electron chi connectivity index (χ1n) is 6.12. The molecule has 0 radical (unpaired) electrons. The smallest absolute Gasteiger partial charge is 0.343 e. The number of benzene rings is 1. The van der Waals surface area contributed by atoms with Crippen LogP contribution >= 0.6 is 0 Å². The van der Waals surface area contributed by atoms with E-state index in [-0.39, 0.29) is 5.56 Å². The van der Waals surface area contributed by atoms with Crippen molar-refractivity contribution in [1.29, 1.82) is 0 Å². The number of nitrogens with two attached hydrogens (primary N) is 1. The molecular weight excluding hydrogens is 258 g/mol. The molecule has 1 aromatic carbocycles. The minimum absolute atomic E-state index is 0.244. The first-order valence-corrected chi connectivity index (χ1v) is 6.12. The fraction of sp³-hybridized carbons (Fsp3) is 0.286. The van der Waals surface area contributed by atoms with Crippen molar-refractivity contribution in [3.63, 3.8) is 0 Å². The number of rotatable bonds is 4. The summed E-state index contributed by atoms with van der Waals surface area (Å²) in [4.78, 5) is 11.7. The zero-order valence-corrected chi connectivity index (χ0v) is 11.7. The van der Waals surface area contributed by atoms with E-state index in [1.54, 1.807) is 22.9 Å².